The number of alkyl halides is 1. The van der Waals surface area contributed by atoms with Crippen molar-refractivity contribution in [2.45, 2.75) is 30.7 Å². The van der Waals surface area contributed by atoms with Crippen LogP contribution in [0.2, 0.25) is 5.02 Å². The number of rotatable bonds is 2. The minimum atomic E-state index is 0.171. The van der Waals surface area contributed by atoms with E-state index in [2.05, 4.69) is 22.9 Å². The minimum absolute atomic E-state index is 0.171. The van der Waals surface area contributed by atoms with Crippen LogP contribution in [0.25, 0.3) is 0 Å². The van der Waals surface area contributed by atoms with Crippen LogP contribution < -0.4 is 9.47 Å². The zero-order chi connectivity index (χ0) is 14.1. The lowest BCUT2D eigenvalue weighted by Crippen LogP contribution is -2.16. The molecule has 20 heavy (non-hydrogen) atoms. The third-order valence-electron chi connectivity index (χ3n) is 3.97. The minimum Gasteiger partial charge on any atom is -0.490 e. The van der Waals surface area contributed by atoms with Gasteiger partial charge in [-0.1, -0.05) is 27.5 Å². The number of halogens is 2. The van der Waals surface area contributed by atoms with Crippen LogP contribution in [0, 0.1) is 5.92 Å². The van der Waals surface area contributed by atoms with Gasteiger partial charge in [0, 0.05) is 34.9 Å². The Bertz CT molecular complexity index is 494. The first-order valence-electron chi connectivity index (χ1n) is 7.01. The number of benzene rings is 1. The Hall–Kier alpha value is -0.450. The van der Waals surface area contributed by atoms with E-state index in [-0.39, 0.29) is 10.9 Å². The molecule has 1 aromatic rings. The summed E-state index contributed by atoms with van der Waals surface area (Å²) in [4.78, 5) is 0.171. The fraction of sp³-hybridized carbons (Fsp3) is 0.600. The zero-order valence-electron chi connectivity index (χ0n) is 11.4. The van der Waals surface area contributed by atoms with Gasteiger partial charge in [-0.25, -0.2) is 0 Å². The summed E-state index contributed by atoms with van der Waals surface area (Å²) in [6.07, 6.45) is 2.18. The lowest BCUT2D eigenvalue weighted by molar-refractivity contribution is 0.105. The molecule has 0 bridgehead atoms. The molecule has 110 valence electrons. The highest BCUT2D eigenvalue weighted by molar-refractivity contribution is 9.09. The van der Waals surface area contributed by atoms with Gasteiger partial charge in [0.15, 0.2) is 11.5 Å². The normalized spacial score (nSPS) is 27.1. The Morgan fingerprint density at radius 2 is 1.90 bits per heavy atom. The monoisotopic (exact) mass is 360 g/mol. The summed E-state index contributed by atoms with van der Waals surface area (Å²) in [6.45, 7) is 4.29. The molecule has 1 saturated heterocycles. The Kier molecular flexibility index (Phi) is 4.43. The Morgan fingerprint density at radius 3 is 2.55 bits per heavy atom. The van der Waals surface area contributed by atoms with Crippen LogP contribution in [0.1, 0.15) is 30.2 Å². The molecule has 3 unspecified atom stereocenters. The molecule has 0 saturated carbocycles. The fourth-order valence-electron chi connectivity index (χ4n) is 2.77. The van der Waals surface area contributed by atoms with E-state index in [1.165, 1.54) is 0 Å². The van der Waals surface area contributed by atoms with Crippen LogP contribution >= 0.6 is 27.5 Å². The third kappa shape index (κ3) is 2.78. The van der Waals surface area contributed by atoms with E-state index < -0.39 is 0 Å². The number of fused-ring (bicyclic) bond motifs is 1. The zero-order valence-corrected chi connectivity index (χ0v) is 13.7. The molecular formula is C15H18BrClO3. The molecule has 1 aromatic carbocycles. The van der Waals surface area contributed by atoms with Crippen LogP contribution in [0.5, 0.6) is 11.5 Å². The highest BCUT2D eigenvalue weighted by Gasteiger charge is 2.33. The maximum Gasteiger partial charge on any atom is 0.162 e. The van der Waals surface area contributed by atoms with Crippen molar-refractivity contribution in [2.24, 2.45) is 5.92 Å². The maximum absolute atomic E-state index is 6.43. The van der Waals surface area contributed by atoms with Gasteiger partial charge in [0.05, 0.1) is 19.3 Å². The Labute approximate surface area is 132 Å². The average molecular weight is 362 g/mol. The average Bonchev–Trinajstić information content (AvgIpc) is 2.72. The summed E-state index contributed by atoms with van der Waals surface area (Å²) in [5, 5.41) is 0.718. The van der Waals surface area contributed by atoms with Crippen molar-refractivity contribution >= 4 is 27.5 Å². The highest BCUT2D eigenvalue weighted by atomic mass is 79.9. The van der Waals surface area contributed by atoms with E-state index in [1.807, 2.05) is 12.1 Å². The van der Waals surface area contributed by atoms with Crippen LogP contribution in [0.15, 0.2) is 12.1 Å². The predicted molar refractivity (Wildman–Crippen MR) is 82.2 cm³/mol. The van der Waals surface area contributed by atoms with Crippen molar-refractivity contribution in [1.82, 2.24) is 0 Å². The molecule has 3 rings (SSSR count). The summed E-state index contributed by atoms with van der Waals surface area (Å²) in [6, 6.07) is 3.87. The van der Waals surface area contributed by atoms with Crippen LogP contribution in [-0.2, 0) is 4.74 Å². The lowest BCUT2D eigenvalue weighted by Gasteiger charge is -2.22. The van der Waals surface area contributed by atoms with Crippen LogP contribution in [0.3, 0.4) is 0 Å². The van der Waals surface area contributed by atoms with Crippen molar-refractivity contribution in [3.05, 3.63) is 22.7 Å². The molecule has 0 spiro atoms. The smallest absolute Gasteiger partial charge is 0.162 e. The third-order valence-corrected chi connectivity index (χ3v) is 5.47. The molecule has 0 aromatic heterocycles. The quantitative estimate of drug-likeness (QED) is 0.732. The highest BCUT2D eigenvalue weighted by Crippen LogP contribution is 2.45. The molecule has 2 heterocycles. The Morgan fingerprint density at radius 1 is 1.20 bits per heavy atom. The van der Waals surface area contributed by atoms with Gasteiger partial charge in [0.2, 0.25) is 0 Å². The molecule has 5 heteroatoms. The summed E-state index contributed by atoms with van der Waals surface area (Å²) >= 11 is 10.2. The summed E-state index contributed by atoms with van der Waals surface area (Å²) in [5.74, 6) is 1.96. The molecule has 0 aliphatic carbocycles. The van der Waals surface area contributed by atoms with Gasteiger partial charge in [0.25, 0.3) is 0 Å². The van der Waals surface area contributed by atoms with E-state index in [0.717, 1.165) is 41.5 Å². The van der Waals surface area contributed by atoms with Crippen molar-refractivity contribution in [3.63, 3.8) is 0 Å². The molecule has 3 nitrogen and oxygen atoms in total. The summed E-state index contributed by atoms with van der Waals surface area (Å²) in [5.41, 5.74) is 1.05. The van der Waals surface area contributed by atoms with Gasteiger partial charge in [0.1, 0.15) is 0 Å². The molecule has 0 radical (unpaired) electrons. The van der Waals surface area contributed by atoms with Gasteiger partial charge in [-0.2, -0.15) is 0 Å². The van der Waals surface area contributed by atoms with E-state index in [0.29, 0.717) is 19.1 Å². The van der Waals surface area contributed by atoms with E-state index in [9.17, 15) is 0 Å². The molecule has 1 fully saturated rings. The molecular weight excluding hydrogens is 344 g/mol. The van der Waals surface area contributed by atoms with E-state index in [4.69, 9.17) is 25.8 Å². The van der Waals surface area contributed by atoms with Gasteiger partial charge in [-0.3, -0.25) is 0 Å². The first kappa shape index (κ1) is 14.5. The number of ether oxygens (including phenoxy) is 3. The van der Waals surface area contributed by atoms with E-state index in [1.54, 1.807) is 0 Å². The fourth-order valence-corrected chi connectivity index (χ4v) is 4.25. The summed E-state index contributed by atoms with van der Waals surface area (Å²) < 4.78 is 17.1. The Balaban J connectivity index is 1.91. The van der Waals surface area contributed by atoms with Crippen LogP contribution in [0.4, 0.5) is 0 Å². The largest absolute Gasteiger partial charge is 0.490 e. The second-order valence-corrected chi connectivity index (χ2v) is 6.69. The number of hydrogen-bond acceptors (Lipinski definition) is 3. The second-order valence-electron chi connectivity index (χ2n) is 5.30. The molecule has 0 N–H and O–H groups in total. The SMILES string of the molecule is CC1OCCC1C(Br)c1cc2c(cc1Cl)OCCCO2. The van der Waals surface area contributed by atoms with Gasteiger partial charge < -0.3 is 14.2 Å². The van der Waals surface area contributed by atoms with Crippen LogP contribution in [-0.4, -0.2) is 25.9 Å². The van der Waals surface area contributed by atoms with Crippen molar-refractivity contribution in [2.75, 3.05) is 19.8 Å². The first-order valence-corrected chi connectivity index (χ1v) is 8.31. The van der Waals surface area contributed by atoms with E-state index >= 15 is 0 Å². The molecule has 0 amide bonds. The standard InChI is InChI=1S/C15H18BrClO3/c1-9-10(3-6-18-9)15(16)11-7-13-14(8-12(11)17)20-5-2-4-19-13/h7-10,15H,2-6H2,1H3. The first-order chi connectivity index (χ1) is 9.66. The van der Waals surface area contributed by atoms with Crippen molar-refractivity contribution < 1.29 is 14.2 Å². The second kappa shape index (κ2) is 6.12. The van der Waals surface area contributed by atoms with Gasteiger partial charge in [-0.05, 0) is 25.0 Å². The summed E-state index contributed by atoms with van der Waals surface area (Å²) in [7, 11) is 0. The molecule has 2 aliphatic heterocycles. The maximum atomic E-state index is 6.43. The topological polar surface area (TPSA) is 27.7 Å². The van der Waals surface area contributed by atoms with Gasteiger partial charge >= 0.3 is 0 Å². The van der Waals surface area contributed by atoms with Gasteiger partial charge in [-0.15, -0.1) is 0 Å². The van der Waals surface area contributed by atoms with Crippen molar-refractivity contribution in [1.29, 1.82) is 0 Å². The molecule has 3 atom stereocenters. The number of hydrogen-bond donors (Lipinski definition) is 0. The molecule has 2 aliphatic rings. The lowest BCUT2D eigenvalue weighted by atomic mass is 9.93. The predicted octanol–water partition coefficient (Wildman–Crippen LogP) is 4.36. The van der Waals surface area contributed by atoms with Crippen molar-refractivity contribution in [3.8, 4) is 11.5 Å².